The van der Waals surface area contributed by atoms with Crippen LogP contribution in [0.4, 0.5) is 9.59 Å². The minimum absolute atomic E-state index is 0.154. The van der Waals surface area contributed by atoms with Crippen molar-refractivity contribution in [2.45, 2.75) is 64.8 Å². The number of rotatable bonds is 6. The number of nitrogens with one attached hydrogen (secondary N) is 3. The number of hydrogen-bond donors (Lipinski definition) is 4. The third-order valence-electron chi connectivity index (χ3n) is 3.68. The van der Waals surface area contributed by atoms with Gasteiger partial charge in [-0.3, -0.25) is 4.79 Å². The third-order valence-corrected chi connectivity index (χ3v) is 3.68. The van der Waals surface area contributed by atoms with Crippen LogP contribution in [0.25, 0.3) is 0 Å². The lowest BCUT2D eigenvalue weighted by molar-refractivity contribution is -0.151. The first kappa shape index (κ1) is 21.5. The average Bonchev–Trinajstić information content (AvgIpc) is 2.43. The lowest BCUT2D eigenvalue weighted by Crippen LogP contribution is -2.63. The molecule has 1 aliphatic heterocycles. The molecule has 10 heteroatoms. The Morgan fingerprint density at radius 3 is 2.38 bits per heavy atom. The van der Waals surface area contributed by atoms with Gasteiger partial charge in [-0.15, -0.1) is 0 Å². The van der Waals surface area contributed by atoms with Gasteiger partial charge in [0.1, 0.15) is 11.6 Å². The summed E-state index contributed by atoms with van der Waals surface area (Å²) in [6.07, 6.45) is -1.10. The van der Waals surface area contributed by atoms with Gasteiger partial charge in [-0.2, -0.15) is 0 Å². The highest BCUT2D eigenvalue weighted by Gasteiger charge is 2.42. The van der Waals surface area contributed by atoms with Crippen LogP contribution in [-0.2, 0) is 19.1 Å². The zero-order chi connectivity index (χ0) is 20.1. The maximum absolute atomic E-state index is 12.2. The molecule has 148 valence electrons. The zero-order valence-corrected chi connectivity index (χ0v) is 15.6. The third kappa shape index (κ3) is 6.41. The normalized spacial score (nSPS) is 23.9. The van der Waals surface area contributed by atoms with Crippen molar-refractivity contribution in [1.29, 1.82) is 0 Å². The van der Waals surface area contributed by atoms with E-state index in [2.05, 4.69) is 16.0 Å². The van der Waals surface area contributed by atoms with E-state index in [1.54, 1.807) is 34.6 Å². The highest BCUT2D eigenvalue weighted by atomic mass is 16.6. The first-order valence-electron chi connectivity index (χ1n) is 8.40. The van der Waals surface area contributed by atoms with E-state index in [0.29, 0.717) is 0 Å². The number of urea groups is 1. The molecule has 1 fully saturated rings. The molecule has 0 aromatic heterocycles. The Morgan fingerprint density at radius 1 is 1.27 bits per heavy atom. The van der Waals surface area contributed by atoms with Gasteiger partial charge in [-0.1, -0.05) is 0 Å². The Labute approximate surface area is 152 Å². The summed E-state index contributed by atoms with van der Waals surface area (Å²) in [5.41, 5.74) is -0.794. The monoisotopic (exact) mass is 373 g/mol. The molecule has 10 nitrogen and oxygen atoms in total. The smallest absolute Gasteiger partial charge is 0.408 e. The fraction of sp³-hybridized carbons (Fsp3) is 0.750. The Morgan fingerprint density at radius 2 is 1.88 bits per heavy atom. The quantitative estimate of drug-likeness (QED) is 0.499. The van der Waals surface area contributed by atoms with Gasteiger partial charge in [0, 0.05) is 12.1 Å². The summed E-state index contributed by atoms with van der Waals surface area (Å²) in [5, 5.41) is 16.8. The van der Waals surface area contributed by atoms with E-state index in [4.69, 9.17) is 9.47 Å². The summed E-state index contributed by atoms with van der Waals surface area (Å²) in [6.45, 7) is 8.37. The number of carbonyl (C=O) groups excluding carboxylic acids is 3. The van der Waals surface area contributed by atoms with Gasteiger partial charge in [-0.25, -0.2) is 14.4 Å². The van der Waals surface area contributed by atoms with Gasteiger partial charge in [-0.05, 0) is 41.0 Å². The highest BCUT2D eigenvalue weighted by molar-refractivity contribution is 5.83. The molecule has 26 heavy (non-hydrogen) atoms. The van der Waals surface area contributed by atoms with Gasteiger partial charge in [0.25, 0.3) is 0 Å². The summed E-state index contributed by atoms with van der Waals surface area (Å²) < 4.78 is 10.1. The minimum Gasteiger partial charge on any atom is -0.480 e. The predicted octanol–water partition coefficient (Wildman–Crippen LogP) is 0.604. The molecule has 4 atom stereocenters. The number of carboxylic acid groups (broad SMARTS) is 1. The molecule has 1 aliphatic rings. The Balaban J connectivity index is 2.91. The van der Waals surface area contributed by atoms with E-state index in [9.17, 15) is 24.3 Å². The summed E-state index contributed by atoms with van der Waals surface area (Å²) in [4.78, 5) is 47.3. The highest BCUT2D eigenvalue weighted by Crippen LogP contribution is 2.20. The van der Waals surface area contributed by atoms with Crippen LogP contribution in [0.15, 0.2) is 0 Å². The SMILES string of the molecule is CCOC(=O)C1C(C)NC(=O)NC1C[C@H](NC(=O)OC(C)(C)C)C(=O)O. The van der Waals surface area contributed by atoms with E-state index in [1.807, 2.05) is 0 Å². The molecule has 0 saturated carbocycles. The standard InChI is InChI=1S/C16H27N3O7/c1-6-25-13(22)11-8(2)17-14(23)18-9(11)7-10(12(20)21)19-15(24)26-16(3,4)5/h8-11H,6-7H2,1-5H3,(H,19,24)(H,20,21)(H2,17,18,23)/t8?,9?,10-,11?/m0/s1. The van der Waals surface area contributed by atoms with Crippen molar-refractivity contribution in [3.63, 3.8) is 0 Å². The minimum atomic E-state index is -1.35. The molecule has 0 aliphatic carbocycles. The fourth-order valence-corrected chi connectivity index (χ4v) is 2.68. The van der Waals surface area contributed by atoms with Crippen LogP contribution in [-0.4, -0.2) is 59.5 Å². The first-order valence-corrected chi connectivity index (χ1v) is 8.40. The van der Waals surface area contributed by atoms with E-state index in [1.165, 1.54) is 0 Å². The zero-order valence-electron chi connectivity index (χ0n) is 15.6. The van der Waals surface area contributed by atoms with Crippen molar-refractivity contribution >= 4 is 24.1 Å². The maximum atomic E-state index is 12.2. The first-order chi connectivity index (χ1) is 11.9. The number of esters is 1. The maximum Gasteiger partial charge on any atom is 0.408 e. The van der Waals surface area contributed by atoms with Crippen molar-refractivity contribution in [2.24, 2.45) is 5.92 Å². The van der Waals surface area contributed by atoms with Crippen LogP contribution in [0, 0.1) is 5.92 Å². The molecule has 0 aromatic carbocycles. The van der Waals surface area contributed by atoms with Gasteiger partial charge in [0.15, 0.2) is 0 Å². The van der Waals surface area contributed by atoms with Crippen molar-refractivity contribution < 1.29 is 33.8 Å². The van der Waals surface area contributed by atoms with Crippen LogP contribution in [0.2, 0.25) is 0 Å². The predicted molar refractivity (Wildman–Crippen MR) is 90.5 cm³/mol. The Bertz CT molecular complexity index is 559. The fourth-order valence-electron chi connectivity index (χ4n) is 2.68. The van der Waals surface area contributed by atoms with Crippen molar-refractivity contribution in [2.75, 3.05) is 6.61 Å². The number of carbonyl (C=O) groups is 4. The van der Waals surface area contributed by atoms with E-state index in [0.717, 1.165) is 0 Å². The van der Waals surface area contributed by atoms with Crippen LogP contribution in [0.5, 0.6) is 0 Å². The second-order valence-corrected chi connectivity index (χ2v) is 7.06. The van der Waals surface area contributed by atoms with Crippen LogP contribution >= 0.6 is 0 Å². The number of alkyl carbamates (subject to hydrolysis) is 1. The Kier molecular flexibility index (Phi) is 7.22. The number of amides is 3. The molecule has 3 amide bonds. The second-order valence-electron chi connectivity index (χ2n) is 7.06. The van der Waals surface area contributed by atoms with Crippen LogP contribution in [0.3, 0.4) is 0 Å². The number of hydrogen-bond acceptors (Lipinski definition) is 6. The van der Waals surface area contributed by atoms with Gasteiger partial charge in [0.2, 0.25) is 0 Å². The van der Waals surface area contributed by atoms with Gasteiger partial charge in [0.05, 0.1) is 12.5 Å². The summed E-state index contributed by atoms with van der Waals surface area (Å²) in [5.74, 6) is -2.66. The second kappa shape index (κ2) is 8.72. The molecular formula is C16H27N3O7. The van der Waals surface area contributed by atoms with Crippen LogP contribution < -0.4 is 16.0 Å². The largest absolute Gasteiger partial charge is 0.480 e. The summed E-state index contributed by atoms with van der Waals surface area (Å²) in [7, 11) is 0. The molecule has 0 spiro atoms. The number of ether oxygens (including phenoxy) is 2. The molecule has 0 radical (unpaired) electrons. The van der Waals surface area contributed by atoms with Crippen molar-refractivity contribution in [1.82, 2.24) is 16.0 Å². The molecule has 1 rings (SSSR count). The van der Waals surface area contributed by atoms with E-state index in [-0.39, 0.29) is 13.0 Å². The van der Waals surface area contributed by atoms with Crippen molar-refractivity contribution in [3.8, 4) is 0 Å². The summed E-state index contributed by atoms with van der Waals surface area (Å²) >= 11 is 0. The van der Waals surface area contributed by atoms with Gasteiger partial charge >= 0.3 is 24.1 Å². The molecule has 0 bridgehead atoms. The van der Waals surface area contributed by atoms with E-state index < -0.39 is 53.7 Å². The van der Waals surface area contributed by atoms with Crippen molar-refractivity contribution in [3.05, 3.63) is 0 Å². The Hall–Kier alpha value is -2.52. The molecule has 4 N–H and O–H groups in total. The lowest BCUT2D eigenvalue weighted by Gasteiger charge is -2.37. The van der Waals surface area contributed by atoms with E-state index >= 15 is 0 Å². The molecule has 1 saturated heterocycles. The lowest BCUT2D eigenvalue weighted by atomic mass is 9.86. The molecule has 0 aromatic rings. The molecule has 3 unspecified atom stereocenters. The topological polar surface area (TPSA) is 143 Å². The molecular weight excluding hydrogens is 346 g/mol. The average molecular weight is 373 g/mol. The number of carboxylic acids is 1. The van der Waals surface area contributed by atoms with Gasteiger partial charge < -0.3 is 30.5 Å². The van der Waals surface area contributed by atoms with Crippen LogP contribution in [0.1, 0.15) is 41.0 Å². The molecule has 1 heterocycles. The number of aliphatic carboxylic acids is 1. The summed E-state index contributed by atoms with van der Waals surface area (Å²) in [6, 6.07) is -3.25.